The highest BCUT2D eigenvalue weighted by molar-refractivity contribution is 7.17. The lowest BCUT2D eigenvalue weighted by atomic mass is 10.2. The molecule has 1 unspecified atom stereocenters. The third-order valence-electron chi connectivity index (χ3n) is 3.23. The van der Waals surface area contributed by atoms with Crippen molar-refractivity contribution in [3.05, 3.63) is 22.9 Å². The van der Waals surface area contributed by atoms with Gasteiger partial charge in [-0.25, -0.2) is 0 Å². The summed E-state index contributed by atoms with van der Waals surface area (Å²) in [6.07, 6.45) is -4.70. The Morgan fingerprint density at radius 2 is 2.24 bits per heavy atom. The Bertz CT molecular complexity index is 715. The number of hydrogen-bond donors (Lipinski definition) is 2. The lowest BCUT2D eigenvalue weighted by Gasteiger charge is -2.23. The monoisotopic (exact) mass is 398 g/mol. The van der Waals surface area contributed by atoms with E-state index in [2.05, 4.69) is 25.3 Å². The summed E-state index contributed by atoms with van der Waals surface area (Å²) in [5, 5.41) is 9.24. The van der Waals surface area contributed by atoms with E-state index in [9.17, 15) is 18.0 Å². The van der Waals surface area contributed by atoms with E-state index in [0.717, 1.165) is 17.9 Å². The summed E-state index contributed by atoms with van der Waals surface area (Å²) >= 11 is 0.989. The number of thiophene rings is 1. The first kappa shape index (κ1) is 19.6. The summed E-state index contributed by atoms with van der Waals surface area (Å²) in [6, 6.07) is 3.02. The van der Waals surface area contributed by atoms with Gasteiger partial charge in [0.05, 0.1) is 23.0 Å². The van der Waals surface area contributed by atoms with Gasteiger partial charge < -0.3 is 19.9 Å². The van der Waals surface area contributed by atoms with Gasteiger partial charge in [-0.3, -0.25) is 4.79 Å². The average Bonchev–Trinajstić information content (AvgIpc) is 3.21. The number of halogens is 4. The van der Waals surface area contributed by atoms with Gasteiger partial charge in [0.1, 0.15) is 0 Å². The van der Waals surface area contributed by atoms with Gasteiger partial charge in [-0.1, -0.05) is 5.16 Å². The molecule has 1 amide bonds. The van der Waals surface area contributed by atoms with Crippen molar-refractivity contribution in [1.82, 2.24) is 20.8 Å². The van der Waals surface area contributed by atoms with E-state index in [0.29, 0.717) is 29.5 Å². The number of nitrogens with zero attached hydrogens (tertiary/aromatic N) is 2. The highest BCUT2D eigenvalue weighted by Crippen LogP contribution is 2.31. The molecule has 1 atom stereocenters. The van der Waals surface area contributed by atoms with Crippen molar-refractivity contribution in [2.45, 2.75) is 12.2 Å². The second kappa shape index (κ2) is 8.13. The first-order chi connectivity index (χ1) is 11.4. The summed E-state index contributed by atoms with van der Waals surface area (Å²) < 4.78 is 46.8. The van der Waals surface area contributed by atoms with E-state index < -0.39 is 12.1 Å². The fourth-order valence-corrected chi connectivity index (χ4v) is 2.92. The highest BCUT2D eigenvalue weighted by atomic mass is 35.5. The molecule has 0 bridgehead atoms. The van der Waals surface area contributed by atoms with Crippen molar-refractivity contribution in [3.63, 3.8) is 0 Å². The maximum atomic E-state index is 12.5. The van der Waals surface area contributed by atoms with Gasteiger partial charge in [0, 0.05) is 19.1 Å². The summed E-state index contributed by atoms with van der Waals surface area (Å²) in [5.74, 6) is -1.94. The Morgan fingerprint density at radius 1 is 1.44 bits per heavy atom. The quantitative estimate of drug-likeness (QED) is 0.818. The van der Waals surface area contributed by atoms with Gasteiger partial charge >= 0.3 is 12.1 Å². The zero-order valence-corrected chi connectivity index (χ0v) is 14.3. The molecule has 138 valence electrons. The first-order valence-electron chi connectivity index (χ1n) is 7.04. The number of hydrogen-bond acceptors (Lipinski definition) is 7. The molecule has 0 aromatic carbocycles. The van der Waals surface area contributed by atoms with Gasteiger partial charge in [-0.15, -0.1) is 23.7 Å². The molecule has 25 heavy (non-hydrogen) atoms. The summed E-state index contributed by atoms with van der Waals surface area (Å²) in [4.78, 5) is 16.0. The van der Waals surface area contributed by atoms with Gasteiger partial charge in [-0.2, -0.15) is 18.2 Å². The molecular weight excluding hydrogens is 385 g/mol. The van der Waals surface area contributed by atoms with Crippen LogP contribution in [0.2, 0.25) is 0 Å². The van der Waals surface area contributed by atoms with E-state index in [-0.39, 0.29) is 30.2 Å². The van der Waals surface area contributed by atoms with Gasteiger partial charge in [-0.05, 0) is 12.1 Å². The van der Waals surface area contributed by atoms with Crippen LogP contribution < -0.4 is 10.6 Å². The number of alkyl halides is 3. The molecule has 2 aromatic heterocycles. The highest BCUT2D eigenvalue weighted by Gasteiger charge is 2.38. The fourth-order valence-electron chi connectivity index (χ4n) is 2.07. The van der Waals surface area contributed by atoms with Crippen molar-refractivity contribution >= 4 is 29.7 Å². The third-order valence-corrected chi connectivity index (χ3v) is 4.31. The molecule has 0 radical (unpaired) electrons. The third kappa shape index (κ3) is 4.91. The van der Waals surface area contributed by atoms with Crippen LogP contribution in [0.1, 0.15) is 15.6 Å². The lowest BCUT2D eigenvalue weighted by molar-refractivity contribution is -0.159. The van der Waals surface area contributed by atoms with Crippen molar-refractivity contribution in [3.8, 4) is 10.7 Å². The van der Waals surface area contributed by atoms with Crippen LogP contribution in [-0.4, -0.2) is 48.4 Å². The molecule has 1 fully saturated rings. The fraction of sp³-hybridized carbons (Fsp3) is 0.462. The number of ether oxygens (including phenoxy) is 1. The van der Waals surface area contributed by atoms with Crippen molar-refractivity contribution in [2.24, 2.45) is 0 Å². The largest absolute Gasteiger partial charge is 0.471 e. The second-order valence-corrected chi connectivity index (χ2v) is 6.10. The average molecular weight is 399 g/mol. The van der Waals surface area contributed by atoms with Crippen LogP contribution in [0.3, 0.4) is 0 Å². The molecule has 7 nitrogen and oxygen atoms in total. The number of carbonyl (C=O) groups is 1. The summed E-state index contributed by atoms with van der Waals surface area (Å²) in [7, 11) is 0. The molecule has 1 aliphatic rings. The Hall–Kier alpha value is -1.69. The number of rotatable bonds is 4. The maximum Gasteiger partial charge on any atom is 0.471 e. The van der Waals surface area contributed by atoms with Crippen LogP contribution in [0.4, 0.5) is 13.2 Å². The molecule has 0 saturated carbocycles. The minimum absolute atomic E-state index is 0. The Kier molecular flexibility index (Phi) is 6.38. The summed E-state index contributed by atoms with van der Waals surface area (Å²) in [5.41, 5.74) is 0. The van der Waals surface area contributed by atoms with Crippen LogP contribution in [0.5, 0.6) is 0 Å². The predicted octanol–water partition coefficient (Wildman–Crippen LogP) is 1.96. The molecule has 1 saturated heterocycles. The molecule has 3 heterocycles. The van der Waals surface area contributed by atoms with Crippen LogP contribution in [0.25, 0.3) is 10.7 Å². The maximum absolute atomic E-state index is 12.5. The van der Waals surface area contributed by atoms with Crippen LogP contribution in [0.15, 0.2) is 16.7 Å². The van der Waals surface area contributed by atoms with E-state index >= 15 is 0 Å². The zero-order valence-electron chi connectivity index (χ0n) is 12.6. The standard InChI is InChI=1S/C13H13F3N4O3S.ClH/c14-13(15,16)12-19-10(20-23-12)8-1-2-9(24-8)11(21)18-5-7-6-22-4-3-17-7;/h1-2,7,17H,3-6H2,(H,18,21);1H. The zero-order chi connectivity index (χ0) is 17.2. The van der Waals surface area contributed by atoms with E-state index in [1.807, 2.05) is 0 Å². The molecule has 12 heteroatoms. The Morgan fingerprint density at radius 3 is 2.88 bits per heavy atom. The van der Waals surface area contributed by atoms with E-state index in [4.69, 9.17) is 4.74 Å². The normalized spacial score (nSPS) is 17.8. The van der Waals surface area contributed by atoms with Gasteiger partial charge in [0.2, 0.25) is 5.82 Å². The lowest BCUT2D eigenvalue weighted by Crippen LogP contribution is -2.48. The van der Waals surface area contributed by atoms with Gasteiger partial charge in [0.15, 0.2) is 0 Å². The van der Waals surface area contributed by atoms with E-state index in [1.165, 1.54) is 12.1 Å². The number of morpholine rings is 1. The first-order valence-corrected chi connectivity index (χ1v) is 7.85. The predicted molar refractivity (Wildman–Crippen MR) is 84.8 cm³/mol. The smallest absolute Gasteiger partial charge is 0.378 e. The minimum atomic E-state index is -4.70. The molecule has 1 aliphatic heterocycles. The molecule has 3 rings (SSSR count). The van der Waals surface area contributed by atoms with Gasteiger partial charge in [0.25, 0.3) is 5.91 Å². The minimum Gasteiger partial charge on any atom is -0.378 e. The van der Waals surface area contributed by atoms with Crippen LogP contribution >= 0.6 is 23.7 Å². The van der Waals surface area contributed by atoms with Crippen molar-refractivity contribution in [1.29, 1.82) is 0 Å². The SMILES string of the molecule is Cl.O=C(NCC1COCCN1)c1ccc(-c2noc(C(F)(F)F)n2)s1. The second-order valence-electron chi connectivity index (χ2n) is 5.02. The topological polar surface area (TPSA) is 89.3 Å². The molecule has 0 aliphatic carbocycles. The van der Waals surface area contributed by atoms with Crippen molar-refractivity contribution < 1.29 is 27.2 Å². The molecular formula is C13H14ClF3N4O3S. The van der Waals surface area contributed by atoms with Crippen LogP contribution in [0, 0.1) is 0 Å². The number of nitrogens with one attached hydrogen (secondary N) is 2. The number of carbonyl (C=O) groups excluding carboxylic acids is 1. The molecule has 0 spiro atoms. The Labute approximate surface area is 150 Å². The molecule has 2 aromatic rings. The summed E-state index contributed by atoms with van der Waals surface area (Å²) in [6.45, 7) is 2.28. The van der Waals surface area contributed by atoms with E-state index in [1.54, 1.807) is 0 Å². The van der Waals surface area contributed by atoms with Crippen molar-refractivity contribution in [2.75, 3.05) is 26.3 Å². The van der Waals surface area contributed by atoms with Crippen LogP contribution in [-0.2, 0) is 10.9 Å². The number of aromatic nitrogens is 2. The molecule has 2 N–H and O–H groups in total. The Balaban J connectivity index is 0.00000225. The number of amides is 1.